The van der Waals surface area contributed by atoms with Crippen LogP contribution in [0.15, 0.2) is 53.7 Å². The van der Waals surface area contributed by atoms with Crippen molar-refractivity contribution >= 4 is 29.3 Å². The Morgan fingerprint density at radius 1 is 1.18 bits per heavy atom. The molecular weight excluding hydrogens is 378 g/mol. The number of carbonyl (C=O) groups excluding carboxylic acids is 1. The predicted molar refractivity (Wildman–Crippen MR) is 104 cm³/mol. The summed E-state index contributed by atoms with van der Waals surface area (Å²) in [6.07, 6.45) is 0.847. The van der Waals surface area contributed by atoms with Crippen molar-refractivity contribution in [2.75, 3.05) is 10.7 Å². The molecule has 2 heterocycles. The Bertz CT molecular complexity index is 1030. The van der Waals surface area contributed by atoms with Gasteiger partial charge in [0.05, 0.1) is 17.0 Å². The molecule has 3 aromatic rings. The van der Waals surface area contributed by atoms with Gasteiger partial charge in [0, 0.05) is 11.7 Å². The summed E-state index contributed by atoms with van der Waals surface area (Å²) in [5.74, 6) is -0.798. The molecule has 28 heavy (non-hydrogen) atoms. The van der Waals surface area contributed by atoms with E-state index in [1.54, 1.807) is 12.1 Å². The molecule has 0 fully saturated rings. The molecule has 142 valence electrons. The summed E-state index contributed by atoms with van der Waals surface area (Å²) in [6.45, 7) is 2.04. The van der Waals surface area contributed by atoms with Gasteiger partial charge in [0.1, 0.15) is 0 Å². The van der Waals surface area contributed by atoms with Crippen molar-refractivity contribution in [3.8, 4) is 5.69 Å². The number of tetrazole rings is 1. The second kappa shape index (κ2) is 7.43. The predicted octanol–water partition coefficient (Wildman–Crippen LogP) is 2.43. The minimum atomic E-state index is -0.997. The molecule has 0 radical (unpaired) electrons. The largest absolute Gasteiger partial charge is 0.478 e. The zero-order valence-corrected chi connectivity index (χ0v) is 15.8. The van der Waals surface area contributed by atoms with Crippen molar-refractivity contribution < 1.29 is 14.7 Å². The highest BCUT2D eigenvalue weighted by molar-refractivity contribution is 7.99. The summed E-state index contributed by atoms with van der Waals surface area (Å²) in [5, 5.41) is 21.1. The number of carboxylic acid groups (broad SMARTS) is 1. The van der Waals surface area contributed by atoms with Gasteiger partial charge in [-0.05, 0) is 59.7 Å². The maximum Gasteiger partial charge on any atom is 0.335 e. The number of carboxylic acids is 1. The van der Waals surface area contributed by atoms with E-state index < -0.39 is 5.97 Å². The molecule has 0 aliphatic carbocycles. The van der Waals surface area contributed by atoms with Crippen LogP contribution in [0.5, 0.6) is 0 Å². The van der Waals surface area contributed by atoms with E-state index in [0.717, 1.165) is 12.1 Å². The van der Waals surface area contributed by atoms with Crippen molar-refractivity contribution in [1.82, 2.24) is 20.2 Å². The van der Waals surface area contributed by atoms with Crippen molar-refractivity contribution in [2.24, 2.45) is 0 Å². The summed E-state index contributed by atoms with van der Waals surface area (Å²) in [7, 11) is 0. The number of hydrogen-bond donors (Lipinski definition) is 1. The van der Waals surface area contributed by atoms with Crippen molar-refractivity contribution in [1.29, 1.82) is 0 Å². The summed E-state index contributed by atoms with van der Waals surface area (Å²) in [6, 6.07) is 14.3. The molecule has 1 aliphatic heterocycles. The van der Waals surface area contributed by atoms with E-state index in [-0.39, 0.29) is 23.3 Å². The van der Waals surface area contributed by atoms with Gasteiger partial charge in [-0.3, -0.25) is 4.79 Å². The monoisotopic (exact) mass is 395 g/mol. The maximum atomic E-state index is 12.8. The van der Waals surface area contributed by atoms with E-state index in [1.807, 2.05) is 36.1 Å². The molecule has 1 aromatic heterocycles. The first kappa shape index (κ1) is 18.2. The Kier molecular flexibility index (Phi) is 4.82. The smallest absolute Gasteiger partial charge is 0.335 e. The van der Waals surface area contributed by atoms with Gasteiger partial charge >= 0.3 is 5.97 Å². The number of carbonyl (C=O) groups is 2. The molecule has 2 aromatic carbocycles. The van der Waals surface area contributed by atoms with Gasteiger partial charge in [-0.2, -0.15) is 4.68 Å². The third kappa shape index (κ3) is 3.36. The minimum Gasteiger partial charge on any atom is -0.478 e. The van der Waals surface area contributed by atoms with Crippen LogP contribution in [-0.4, -0.2) is 49.0 Å². The highest BCUT2D eigenvalue weighted by atomic mass is 32.2. The lowest BCUT2D eigenvalue weighted by Gasteiger charge is -2.22. The van der Waals surface area contributed by atoms with Gasteiger partial charge in [0.15, 0.2) is 0 Å². The first-order valence-electron chi connectivity index (χ1n) is 8.69. The van der Waals surface area contributed by atoms with Crippen molar-refractivity contribution in [3.05, 3.63) is 59.7 Å². The van der Waals surface area contributed by atoms with Crippen LogP contribution >= 0.6 is 11.8 Å². The Labute approximate surface area is 165 Å². The average molecular weight is 395 g/mol. The fourth-order valence-corrected chi connectivity index (χ4v) is 4.07. The summed E-state index contributed by atoms with van der Waals surface area (Å²) in [5.41, 5.74) is 2.95. The summed E-state index contributed by atoms with van der Waals surface area (Å²) >= 11 is 1.25. The van der Waals surface area contributed by atoms with E-state index >= 15 is 0 Å². The number of thioether (sulfide) groups is 1. The van der Waals surface area contributed by atoms with Crippen molar-refractivity contribution in [3.63, 3.8) is 0 Å². The van der Waals surface area contributed by atoms with E-state index in [0.29, 0.717) is 10.8 Å². The van der Waals surface area contributed by atoms with Crippen LogP contribution < -0.4 is 4.90 Å². The standard InChI is InChI=1S/C19H17N5O3S/c1-12-10-14-4-2-3-5-16(14)23(12)17(25)11-28-19-20-21-22-24(19)15-8-6-13(7-9-15)18(26)27/h2-9,12H,10-11H2,1H3,(H,26,27). The lowest BCUT2D eigenvalue weighted by Crippen LogP contribution is -2.37. The second-order valence-electron chi connectivity index (χ2n) is 6.46. The molecule has 0 spiro atoms. The summed E-state index contributed by atoms with van der Waals surface area (Å²) in [4.78, 5) is 25.7. The van der Waals surface area contributed by atoms with Crippen LogP contribution in [0.1, 0.15) is 22.8 Å². The number of para-hydroxylation sites is 1. The van der Waals surface area contributed by atoms with E-state index in [4.69, 9.17) is 5.11 Å². The molecule has 1 atom stereocenters. The second-order valence-corrected chi connectivity index (χ2v) is 7.40. The topological polar surface area (TPSA) is 101 Å². The lowest BCUT2D eigenvalue weighted by molar-refractivity contribution is -0.116. The lowest BCUT2D eigenvalue weighted by atomic mass is 10.1. The summed E-state index contributed by atoms with van der Waals surface area (Å²) < 4.78 is 1.49. The van der Waals surface area contributed by atoms with Crippen molar-refractivity contribution in [2.45, 2.75) is 24.5 Å². The van der Waals surface area contributed by atoms with Gasteiger partial charge < -0.3 is 10.0 Å². The molecule has 9 heteroatoms. The van der Waals surface area contributed by atoms with Crippen LogP contribution in [-0.2, 0) is 11.2 Å². The van der Waals surface area contributed by atoms with E-state index in [9.17, 15) is 9.59 Å². The molecule has 1 aliphatic rings. The molecule has 8 nitrogen and oxygen atoms in total. The van der Waals surface area contributed by atoms with Gasteiger partial charge in [-0.1, -0.05) is 30.0 Å². The first-order chi connectivity index (χ1) is 13.5. The molecule has 1 N–H and O–H groups in total. The van der Waals surface area contributed by atoms with Crippen LogP contribution in [0.2, 0.25) is 0 Å². The van der Waals surface area contributed by atoms with Gasteiger partial charge in [0.2, 0.25) is 11.1 Å². The highest BCUT2D eigenvalue weighted by Gasteiger charge is 2.30. The maximum absolute atomic E-state index is 12.8. The Morgan fingerprint density at radius 2 is 1.93 bits per heavy atom. The molecule has 0 saturated heterocycles. The fourth-order valence-electron chi connectivity index (χ4n) is 3.32. The van der Waals surface area contributed by atoms with E-state index in [2.05, 4.69) is 15.5 Å². The number of anilines is 1. The minimum absolute atomic E-state index is 0.00164. The molecule has 0 saturated carbocycles. The quantitative estimate of drug-likeness (QED) is 0.662. The Morgan fingerprint density at radius 3 is 2.68 bits per heavy atom. The molecular formula is C19H17N5O3S. The zero-order chi connectivity index (χ0) is 19.7. The molecule has 1 amide bonds. The van der Waals surface area contributed by atoms with E-state index in [1.165, 1.54) is 34.1 Å². The normalized spacial score (nSPS) is 15.5. The van der Waals surface area contributed by atoms with Crippen LogP contribution in [0.4, 0.5) is 5.69 Å². The number of fused-ring (bicyclic) bond motifs is 1. The number of rotatable bonds is 5. The average Bonchev–Trinajstić information content (AvgIpc) is 3.29. The first-order valence-corrected chi connectivity index (χ1v) is 9.68. The third-order valence-corrected chi connectivity index (χ3v) is 5.50. The number of aromatic nitrogens is 4. The molecule has 1 unspecified atom stereocenters. The van der Waals surface area contributed by atoms with Crippen LogP contribution in [0, 0.1) is 0 Å². The SMILES string of the molecule is CC1Cc2ccccc2N1C(=O)CSc1nnnn1-c1ccc(C(=O)O)cc1. The zero-order valence-electron chi connectivity index (χ0n) is 15.0. The number of amides is 1. The number of nitrogens with zero attached hydrogens (tertiary/aromatic N) is 5. The van der Waals surface area contributed by atoms with Crippen LogP contribution in [0.25, 0.3) is 5.69 Å². The third-order valence-electron chi connectivity index (χ3n) is 4.60. The van der Waals surface area contributed by atoms with Crippen LogP contribution in [0.3, 0.4) is 0 Å². The number of aromatic carboxylic acids is 1. The number of benzene rings is 2. The van der Waals surface area contributed by atoms with Gasteiger partial charge in [0.25, 0.3) is 0 Å². The van der Waals surface area contributed by atoms with Gasteiger partial charge in [-0.25, -0.2) is 4.79 Å². The molecule has 4 rings (SSSR count). The highest BCUT2D eigenvalue weighted by Crippen LogP contribution is 2.32. The van der Waals surface area contributed by atoms with Gasteiger partial charge in [-0.15, -0.1) is 5.10 Å². The number of hydrogen-bond acceptors (Lipinski definition) is 6. The Balaban J connectivity index is 1.49. The Hall–Kier alpha value is -3.20. The fraction of sp³-hybridized carbons (Fsp3) is 0.211. The molecule has 0 bridgehead atoms.